The molecule has 15 heavy (non-hydrogen) atoms. The van der Waals surface area contributed by atoms with E-state index in [1.165, 1.54) is 0 Å². The lowest BCUT2D eigenvalue weighted by Crippen LogP contribution is -2.27. The van der Waals surface area contributed by atoms with E-state index >= 15 is 0 Å². The van der Waals surface area contributed by atoms with Gasteiger partial charge in [0.1, 0.15) is 0 Å². The minimum Gasteiger partial charge on any atom is -0.309 e. The topological polar surface area (TPSA) is 37.4 Å². The highest BCUT2D eigenvalue weighted by atomic mass is 79.9. The van der Waals surface area contributed by atoms with E-state index in [0.717, 1.165) is 17.4 Å². The Morgan fingerprint density at radius 2 is 2.27 bits per heavy atom. The third kappa shape index (κ3) is 1.78. The Bertz CT molecular complexity index is 360. The Hall–Kier alpha value is -0.900. The third-order valence-corrected chi connectivity index (χ3v) is 3.29. The van der Waals surface area contributed by atoms with Crippen molar-refractivity contribution in [3.05, 3.63) is 23.9 Å². The molecule has 80 valence electrons. The van der Waals surface area contributed by atoms with Gasteiger partial charge in [0.2, 0.25) is 5.78 Å². The van der Waals surface area contributed by atoms with Gasteiger partial charge in [0, 0.05) is 17.6 Å². The predicted octanol–water partition coefficient (Wildman–Crippen LogP) is 1.64. The van der Waals surface area contributed by atoms with Crippen molar-refractivity contribution in [3.8, 4) is 0 Å². The van der Waals surface area contributed by atoms with Crippen molar-refractivity contribution in [1.82, 2.24) is 4.90 Å². The molecule has 2 aliphatic rings. The maximum absolute atomic E-state index is 11.7. The molecule has 0 N–H and O–H groups in total. The standard InChI is InChI=1S/C11H12BrNO2/c12-6-3-7-13-9-5-2-1-4-8(9)10(14)11(13)15/h1-2,5,8H,3-4,6-7H2. The molecule has 0 spiro atoms. The number of amides is 1. The van der Waals surface area contributed by atoms with E-state index in [4.69, 9.17) is 0 Å². The van der Waals surface area contributed by atoms with Gasteiger partial charge in [-0.3, -0.25) is 9.59 Å². The van der Waals surface area contributed by atoms with Crippen LogP contribution in [-0.4, -0.2) is 28.5 Å². The Morgan fingerprint density at radius 3 is 3.00 bits per heavy atom. The highest BCUT2D eigenvalue weighted by Crippen LogP contribution is 2.31. The number of hydrogen-bond acceptors (Lipinski definition) is 2. The molecule has 4 heteroatoms. The summed E-state index contributed by atoms with van der Waals surface area (Å²) in [6, 6.07) is 0. The molecule has 1 heterocycles. The smallest absolute Gasteiger partial charge is 0.294 e. The van der Waals surface area contributed by atoms with E-state index in [1.54, 1.807) is 4.90 Å². The van der Waals surface area contributed by atoms with Crippen LogP contribution in [0.2, 0.25) is 0 Å². The molecule has 1 saturated heterocycles. The minimum atomic E-state index is -0.337. The molecule has 3 nitrogen and oxygen atoms in total. The molecular formula is C11H12BrNO2. The summed E-state index contributed by atoms with van der Waals surface area (Å²) in [4.78, 5) is 24.9. The van der Waals surface area contributed by atoms with E-state index in [2.05, 4.69) is 15.9 Å². The molecule has 0 aromatic rings. The second-order valence-corrected chi connectivity index (χ2v) is 4.46. The van der Waals surface area contributed by atoms with Crippen LogP contribution in [0.4, 0.5) is 0 Å². The first-order valence-electron chi connectivity index (χ1n) is 5.04. The van der Waals surface area contributed by atoms with E-state index in [1.807, 2.05) is 18.2 Å². The summed E-state index contributed by atoms with van der Waals surface area (Å²) in [5.41, 5.74) is 0.883. The largest absolute Gasteiger partial charge is 0.309 e. The van der Waals surface area contributed by atoms with Crippen molar-refractivity contribution in [2.24, 2.45) is 5.92 Å². The number of hydrogen-bond donors (Lipinski definition) is 0. The fourth-order valence-electron chi connectivity index (χ4n) is 1.99. The van der Waals surface area contributed by atoms with Crippen LogP contribution >= 0.6 is 15.9 Å². The molecule has 2 rings (SSSR count). The summed E-state index contributed by atoms with van der Waals surface area (Å²) >= 11 is 3.32. The van der Waals surface area contributed by atoms with Crippen LogP contribution < -0.4 is 0 Å². The molecule has 0 aromatic heterocycles. The number of likely N-dealkylation sites (tertiary alicyclic amines) is 1. The van der Waals surface area contributed by atoms with Crippen LogP contribution in [0, 0.1) is 5.92 Å². The van der Waals surface area contributed by atoms with Gasteiger partial charge in [0.25, 0.3) is 5.91 Å². The van der Waals surface area contributed by atoms with Gasteiger partial charge in [-0.15, -0.1) is 0 Å². The number of ketones is 1. The second-order valence-electron chi connectivity index (χ2n) is 3.67. The Kier molecular flexibility index (Phi) is 3.05. The summed E-state index contributed by atoms with van der Waals surface area (Å²) in [6.07, 6.45) is 7.27. The first-order chi connectivity index (χ1) is 7.25. The fourth-order valence-corrected chi connectivity index (χ4v) is 2.24. The third-order valence-electron chi connectivity index (χ3n) is 2.73. The van der Waals surface area contributed by atoms with Crippen molar-refractivity contribution >= 4 is 27.6 Å². The van der Waals surface area contributed by atoms with Crippen LogP contribution in [0.3, 0.4) is 0 Å². The molecule has 1 atom stereocenters. The molecular weight excluding hydrogens is 258 g/mol. The van der Waals surface area contributed by atoms with Gasteiger partial charge < -0.3 is 4.90 Å². The molecule has 0 saturated carbocycles. The summed E-state index contributed by atoms with van der Waals surface area (Å²) in [6.45, 7) is 0.631. The summed E-state index contributed by atoms with van der Waals surface area (Å²) < 4.78 is 0. The maximum atomic E-state index is 11.7. The molecule has 1 amide bonds. The van der Waals surface area contributed by atoms with Crippen LogP contribution in [0.1, 0.15) is 12.8 Å². The van der Waals surface area contributed by atoms with Crippen LogP contribution in [0.25, 0.3) is 0 Å². The zero-order valence-corrected chi connectivity index (χ0v) is 9.87. The van der Waals surface area contributed by atoms with Gasteiger partial charge in [-0.25, -0.2) is 0 Å². The normalized spacial score (nSPS) is 24.5. The van der Waals surface area contributed by atoms with Gasteiger partial charge >= 0.3 is 0 Å². The Morgan fingerprint density at radius 1 is 1.47 bits per heavy atom. The van der Waals surface area contributed by atoms with Crippen LogP contribution in [-0.2, 0) is 9.59 Å². The zero-order valence-electron chi connectivity index (χ0n) is 8.28. The number of fused-ring (bicyclic) bond motifs is 1. The van der Waals surface area contributed by atoms with E-state index in [-0.39, 0.29) is 17.6 Å². The molecule has 1 aliphatic carbocycles. The molecule has 0 bridgehead atoms. The quantitative estimate of drug-likeness (QED) is 0.577. The molecule has 0 radical (unpaired) electrons. The van der Waals surface area contributed by atoms with Crippen molar-refractivity contribution in [2.75, 3.05) is 11.9 Å². The lowest BCUT2D eigenvalue weighted by Gasteiger charge is -2.19. The number of carbonyl (C=O) groups excluding carboxylic acids is 2. The highest BCUT2D eigenvalue weighted by molar-refractivity contribution is 9.09. The number of Topliss-reactive ketones (excluding diaryl/α,β-unsaturated/α-hetero) is 1. The van der Waals surface area contributed by atoms with E-state index in [0.29, 0.717) is 13.0 Å². The minimum absolute atomic E-state index is 0.210. The van der Waals surface area contributed by atoms with Crippen molar-refractivity contribution in [2.45, 2.75) is 12.8 Å². The monoisotopic (exact) mass is 269 g/mol. The number of rotatable bonds is 3. The maximum Gasteiger partial charge on any atom is 0.294 e. The van der Waals surface area contributed by atoms with Gasteiger partial charge in [-0.1, -0.05) is 28.1 Å². The van der Waals surface area contributed by atoms with Crippen molar-refractivity contribution in [3.63, 3.8) is 0 Å². The summed E-state index contributed by atoms with van der Waals surface area (Å²) in [5, 5.41) is 0.846. The Labute approximate surface area is 96.9 Å². The average Bonchev–Trinajstić information content (AvgIpc) is 2.51. The fraction of sp³-hybridized carbons (Fsp3) is 0.455. The van der Waals surface area contributed by atoms with Gasteiger partial charge in [-0.2, -0.15) is 0 Å². The summed E-state index contributed by atoms with van der Waals surface area (Å²) in [7, 11) is 0. The van der Waals surface area contributed by atoms with Crippen molar-refractivity contribution < 1.29 is 9.59 Å². The first-order valence-corrected chi connectivity index (χ1v) is 6.16. The molecule has 1 fully saturated rings. The molecule has 1 unspecified atom stereocenters. The molecule has 0 aromatic carbocycles. The average molecular weight is 270 g/mol. The van der Waals surface area contributed by atoms with E-state index < -0.39 is 0 Å². The number of allylic oxidation sites excluding steroid dienone is 4. The first kappa shape index (κ1) is 10.6. The van der Waals surface area contributed by atoms with Crippen molar-refractivity contribution in [1.29, 1.82) is 0 Å². The number of alkyl halides is 1. The molecule has 1 aliphatic heterocycles. The number of nitrogens with zero attached hydrogens (tertiary/aromatic N) is 1. The zero-order chi connectivity index (χ0) is 10.8. The second kappa shape index (κ2) is 4.31. The summed E-state index contributed by atoms with van der Waals surface area (Å²) in [5.74, 6) is -0.797. The number of carbonyl (C=O) groups is 2. The lowest BCUT2D eigenvalue weighted by molar-refractivity contribution is -0.140. The van der Waals surface area contributed by atoms with E-state index in [9.17, 15) is 9.59 Å². The SMILES string of the molecule is O=C1C(=O)N(CCCBr)C2=CC=CCC12. The number of halogens is 1. The van der Waals surface area contributed by atoms with Gasteiger partial charge in [0.05, 0.1) is 5.92 Å². The predicted molar refractivity (Wildman–Crippen MR) is 60.5 cm³/mol. The van der Waals surface area contributed by atoms with Gasteiger partial charge in [-0.05, 0) is 18.9 Å². The van der Waals surface area contributed by atoms with Crippen LogP contribution in [0.15, 0.2) is 23.9 Å². The van der Waals surface area contributed by atoms with Crippen LogP contribution in [0.5, 0.6) is 0 Å². The Balaban J connectivity index is 2.21. The highest BCUT2D eigenvalue weighted by Gasteiger charge is 2.42. The van der Waals surface area contributed by atoms with Gasteiger partial charge in [0.15, 0.2) is 0 Å². The lowest BCUT2D eigenvalue weighted by atomic mass is 9.96.